The first-order valence-corrected chi connectivity index (χ1v) is 10.2. The van der Waals surface area contributed by atoms with Crippen molar-refractivity contribution in [3.63, 3.8) is 0 Å². The summed E-state index contributed by atoms with van der Waals surface area (Å²) in [4.78, 5) is 28.9. The standard InChI is InChI=1S/C21H31N3O3/c1-2-27-20(25)18-7-6-8-19(15-18)22-21(26)24-13-9-17(10-14-24)16-23-11-4-3-5-12-23/h6-8,15,17H,2-5,9-14,16H2,1H3,(H,22,26). The molecule has 6 heteroatoms. The third kappa shape index (κ3) is 5.70. The number of nitrogens with one attached hydrogen (secondary N) is 1. The lowest BCUT2D eigenvalue weighted by atomic mass is 9.95. The van der Waals surface area contributed by atoms with Gasteiger partial charge in [0.2, 0.25) is 0 Å². The third-order valence-electron chi connectivity index (χ3n) is 5.49. The van der Waals surface area contributed by atoms with Crippen molar-refractivity contribution >= 4 is 17.7 Å². The maximum atomic E-state index is 12.6. The van der Waals surface area contributed by atoms with Crippen LogP contribution < -0.4 is 5.32 Å². The summed E-state index contributed by atoms with van der Waals surface area (Å²) in [6, 6.07) is 6.82. The monoisotopic (exact) mass is 373 g/mol. The number of benzene rings is 1. The van der Waals surface area contributed by atoms with Crippen molar-refractivity contribution in [2.75, 3.05) is 44.6 Å². The largest absolute Gasteiger partial charge is 0.462 e. The van der Waals surface area contributed by atoms with E-state index in [4.69, 9.17) is 4.74 Å². The summed E-state index contributed by atoms with van der Waals surface area (Å²) in [6.07, 6.45) is 6.14. The number of rotatable bonds is 5. The summed E-state index contributed by atoms with van der Waals surface area (Å²) in [5, 5.41) is 2.91. The first-order chi connectivity index (χ1) is 13.2. The molecule has 0 radical (unpaired) electrons. The zero-order valence-corrected chi connectivity index (χ0v) is 16.3. The summed E-state index contributed by atoms with van der Waals surface area (Å²) in [5.74, 6) is 0.325. The highest BCUT2D eigenvalue weighted by molar-refractivity contribution is 5.94. The summed E-state index contributed by atoms with van der Waals surface area (Å²) in [6.45, 7) is 7.34. The number of hydrogen-bond acceptors (Lipinski definition) is 4. The van der Waals surface area contributed by atoms with Crippen molar-refractivity contribution in [3.8, 4) is 0 Å². The van der Waals surface area contributed by atoms with Gasteiger partial charge in [0, 0.05) is 25.3 Å². The zero-order chi connectivity index (χ0) is 19.1. The Kier molecular flexibility index (Phi) is 7.10. The average molecular weight is 373 g/mol. The van der Waals surface area contributed by atoms with Crippen molar-refractivity contribution in [2.45, 2.75) is 39.0 Å². The van der Waals surface area contributed by atoms with Crippen LogP contribution >= 0.6 is 0 Å². The van der Waals surface area contributed by atoms with Crippen LogP contribution in [0.15, 0.2) is 24.3 Å². The second-order valence-electron chi connectivity index (χ2n) is 7.52. The van der Waals surface area contributed by atoms with Gasteiger partial charge in [-0.1, -0.05) is 12.5 Å². The van der Waals surface area contributed by atoms with E-state index in [1.807, 2.05) is 4.90 Å². The van der Waals surface area contributed by atoms with Gasteiger partial charge in [0.25, 0.3) is 0 Å². The molecule has 2 fully saturated rings. The Balaban J connectivity index is 1.46. The van der Waals surface area contributed by atoms with Crippen LogP contribution in [0, 0.1) is 5.92 Å². The molecule has 148 valence electrons. The number of urea groups is 1. The lowest BCUT2D eigenvalue weighted by Gasteiger charge is -2.36. The minimum absolute atomic E-state index is 0.0903. The molecule has 0 saturated carbocycles. The Bertz CT molecular complexity index is 635. The molecule has 0 aliphatic carbocycles. The molecule has 2 saturated heterocycles. The Morgan fingerprint density at radius 3 is 2.56 bits per heavy atom. The van der Waals surface area contributed by atoms with Gasteiger partial charge in [-0.2, -0.15) is 0 Å². The molecule has 27 heavy (non-hydrogen) atoms. The number of carbonyl (C=O) groups is 2. The quantitative estimate of drug-likeness (QED) is 0.801. The first-order valence-electron chi connectivity index (χ1n) is 10.2. The lowest BCUT2D eigenvalue weighted by Crippen LogP contribution is -2.44. The molecule has 1 N–H and O–H groups in total. The van der Waals surface area contributed by atoms with E-state index in [1.165, 1.54) is 38.9 Å². The van der Waals surface area contributed by atoms with Gasteiger partial charge in [0.1, 0.15) is 0 Å². The van der Waals surface area contributed by atoms with Gasteiger partial charge < -0.3 is 19.9 Å². The molecule has 1 aromatic carbocycles. The van der Waals surface area contributed by atoms with Crippen molar-refractivity contribution in [1.82, 2.24) is 9.80 Å². The van der Waals surface area contributed by atoms with E-state index in [2.05, 4.69) is 10.2 Å². The van der Waals surface area contributed by atoms with Crippen LogP contribution in [0.1, 0.15) is 49.4 Å². The number of anilines is 1. The summed E-state index contributed by atoms with van der Waals surface area (Å²) in [7, 11) is 0. The van der Waals surface area contributed by atoms with Crippen LogP contribution in [0.25, 0.3) is 0 Å². The predicted octanol–water partition coefficient (Wildman–Crippen LogP) is 3.59. The molecule has 0 spiro atoms. The number of likely N-dealkylation sites (tertiary alicyclic amines) is 2. The van der Waals surface area contributed by atoms with Crippen molar-refractivity contribution in [3.05, 3.63) is 29.8 Å². The summed E-state index contributed by atoms with van der Waals surface area (Å²) < 4.78 is 5.01. The molecular formula is C21H31N3O3. The molecule has 1 aromatic rings. The van der Waals surface area contributed by atoms with E-state index in [-0.39, 0.29) is 12.0 Å². The van der Waals surface area contributed by atoms with Crippen molar-refractivity contribution in [2.24, 2.45) is 5.92 Å². The topological polar surface area (TPSA) is 61.9 Å². The van der Waals surface area contributed by atoms with E-state index in [1.54, 1.807) is 31.2 Å². The van der Waals surface area contributed by atoms with E-state index in [0.29, 0.717) is 23.8 Å². The molecule has 2 amide bonds. The van der Waals surface area contributed by atoms with Crippen LogP contribution in [0.4, 0.5) is 10.5 Å². The van der Waals surface area contributed by atoms with Gasteiger partial charge in [-0.25, -0.2) is 9.59 Å². The van der Waals surface area contributed by atoms with Crippen LogP contribution in [0.2, 0.25) is 0 Å². The molecule has 0 atom stereocenters. The molecule has 2 aliphatic rings. The third-order valence-corrected chi connectivity index (χ3v) is 5.49. The highest BCUT2D eigenvalue weighted by atomic mass is 16.5. The minimum Gasteiger partial charge on any atom is -0.462 e. The lowest BCUT2D eigenvalue weighted by molar-refractivity contribution is 0.0526. The van der Waals surface area contributed by atoms with Crippen molar-refractivity contribution in [1.29, 1.82) is 0 Å². The SMILES string of the molecule is CCOC(=O)c1cccc(NC(=O)N2CCC(CN3CCCCC3)CC2)c1. The number of amides is 2. The maximum Gasteiger partial charge on any atom is 0.338 e. The Labute approximate surface area is 161 Å². The molecule has 6 nitrogen and oxygen atoms in total. The molecule has 3 rings (SSSR count). The van der Waals surface area contributed by atoms with Crippen LogP contribution in [-0.2, 0) is 4.74 Å². The van der Waals surface area contributed by atoms with Gasteiger partial charge in [-0.05, 0) is 69.8 Å². The highest BCUT2D eigenvalue weighted by Crippen LogP contribution is 2.21. The fourth-order valence-electron chi connectivity index (χ4n) is 3.97. The van der Waals surface area contributed by atoms with E-state index >= 15 is 0 Å². The molecule has 2 aliphatic heterocycles. The Hall–Kier alpha value is -2.08. The number of ether oxygens (including phenoxy) is 1. The van der Waals surface area contributed by atoms with Gasteiger partial charge >= 0.3 is 12.0 Å². The number of esters is 1. The Morgan fingerprint density at radius 2 is 1.85 bits per heavy atom. The molecule has 0 bridgehead atoms. The van der Waals surface area contributed by atoms with E-state index in [0.717, 1.165) is 25.9 Å². The number of hydrogen-bond donors (Lipinski definition) is 1. The second kappa shape index (κ2) is 9.74. The minimum atomic E-state index is -0.368. The zero-order valence-electron chi connectivity index (χ0n) is 16.3. The fourth-order valence-corrected chi connectivity index (χ4v) is 3.97. The predicted molar refractivity (Wildman–Crippen MR) is 106 cm³/mol. The fraction of sp³-hybridized carbons (Fsp3) is 0.619. The normalized spacial score (nSPS) is 18.9. The van der Waals surface area contributed by atoms with Gasteiger partial charge in [0.15, 0.2) is 0 Å². The summed E-state index contributed by atoms with van der Waals surface area (Å²) in [5.41, 5.74) is 1.08. The number of piperidine rings is 2. The molecule has 2 heterocycles. The highest BCUT2D eigenvalue weighted by Gasteiger charge is 2.25. The number of nitrogens with zero attached hydrogens (tertiary/aromatic N) is 2. The van der Waals surface area contributed by atoms with E-state index < -0.39 is 0 Å². The maximum absolute atomic E-state index is 12.6. The molecule has 0 aromatic heterocycles. The van der Waals surface area contributed by atoms with Gasteiger partial charge in [-0.15, -0.1) is 0 Å². The van der Waals surface area contributed by atoms with Crippen LogP contribution in [0.3, 0.4) is 0 Å². The second-order valence-corrected chi connectivity index (χ2v) is 7.52. The Morgan fingerprint density at radius 1 is 1.11 bits per heavy atom. The number of carbonyl (C=O) groups excluding carboxylic acids is 2. The van der Waals surface area contributed by atoms with Crippen molar-refractivity contribution < 1.29 is 14.3 Å². The van der Waals surface area contributed by atoms with E-state index in [9.17, 15) is 9.59 Å². The first kappa shape index (κ1) is 19.7. The molecular weight excluding hydrogens is 342 g/mol. The van der Waals surface area contributed by atoms with Crippen LogP contribution in [-0.4, -0.2) is 61.1 Å². The summed E-state index contributed by atoms with van der Waals surface area (Å²) >= 11 is 0. The smallest absolute Gasteiger partial charge is 0.338 e. The average Bonchev–Trinajstić information content (AvgIpc) is 2.70. The van der Waals surface area contributed by atoms with Crippen LogP contribution in [0.5, 0.6) is 0 Å². The van der Waals surface area contributed by atoms with Gasteiger partial charge in [0.05, 0.1) is 12.2 Å². The van der Waals surface area contributed by atoms with Gasteiger partial charge in [-0.3, -0.25) is 0 Å². The molecule has 0 unspecified atom stereocenters.